The smallest absolute Gasteiger partial charge is 0.122 e. The molecule has 94 valence electrons. The average molecular weight is 234 g/mol. The molecule has 0 saturated carbocycles. The molecule has 2 rings (SSSR count). The maximum absolute atomic E-state index is 5.89. The fourth-order valence-corrected chi connectivity index (χ4v) is 2.47. The molecule has 0 amide bonds. The highest BCUT2D eigenvalue weighted by Gasteiger charge is 2.18. The lowest BCUT2D eigenvalue weighted by atomic mass is 10.1. The van der Waals surface area contributed by atoms with Gasteiger partial charge < -0.3 is 15.4 Å². The lowest BCUT2D eigenvalue weighted by Crippen LogP contribution is -2.27. The highest BCUT2D eigenvalue weighted by molar-refractivity contribution is 5.33. The maximum atomic E-state index is 5.89. The predicted molar refractivity (Wildman–Crippen MR) is 70.3 cm³/mol. The van der Waals surface area contributed by atoms with Gasteiger partial charge in [-0.15, -0.1) is 0 Å². The van der Waals surface area contributed by atoms with Crippen LogP contribution in [-0.4, -0.2) is 37.7 Å². The van der Waals surface area contributed by atoms with Crippen LogP contribution in [0, 0.1) is 0 Å². The van der Waals surface area contributed by atoms with Gasteiger partial charge >= 0.3 is 0 Å². The van der Waals surface area contributed by atoms with Crippen molar-refractivity contribution in [3.63, 3.8) is 0 Å². The van der Waals surface area contributed by atoms with E-state index < -0.39 is 0 Å². The van der Waals surface area contributed by atoms with Gasteiger partial charge in [0.05, 0.1) is 7.11 Å². The Balaban J connectivity index is 1.78. The Kier molecular flexibility index (Phi) is 4.40. The molecule has 3 heteroatoms. The van der Waals surface area contributed by atoms with E-state index in [4.69, 9.17) is 10.5 Å². The summed E-state index contributed by atoms with van der Waals surface area (Å²) in [7, 11) is 1.73. The van der Waals surface area contributed by atoms with Gasteiger partial charge in [0, 0.05) is 12.6 Å². The van der Waals surface area contributed by atoms with Crippen molar-refractivity contribution in [2.75, 3.05) is 26.7 Å². The first-order valence-electron chi connectivity index (χ1n) is 6.39. The summed E-state index contributed by atoms with van der Waals surface area (Å²) in [6.07, 6.45) is 3.40. The summed E-state index contributed by atoms with van der Waals surface area (Å²) >= 11 is 0. The Morgan fingerprint density at radius 3 is 2.94 bits per heavy atom. The van der Waals surface area contributed by atoms with Crippen LogP contribution < -0.4 is 10.5 Å². The number of hydrogen-bond donors (Lipinski definition) is 1. The normalized spacial score (nSPS) is 20.7. The number of hydrogen-bond acceptors (Lipinski definition) is 3. The monoisotopic (exact) mass is 234 g/mol. The molecule has 0 aromatic heterocycles. The van der Waals surface area contributed by atoms with Crippen molar-refractivity contribution >= 4 is 0 Å². The summed E-state index contributed by atoms with van der Waals surface area (Å²) in [5.74, 6) is 1.01. The van der Waals surface area contributed by atoms with Gasteiger partial charge in [-0.05, 0) is 44.0 Å². The van der Waals surface area contributed by atoms with Crippen LogP contribution in [0.4, 0.5) is 0 Å². The van der Waals surface area contributed by atoms with E-state index in [0.29, 0.717) is 6.04 Å². The van der Waals surface area contributed by atoms with Gasteiger partial charge in [0.25, 0.3) is 0 Å². The van der Waals surface area contributed by atoms with Gasteiger partial charge in [-0.1, -0.05) is 18.2 Å². The Labute approximate surface area is 104 Å². The van der Waals surface area contributed by atoms with Crippen LogP contribution in [0.15, 0.2) is 24.3 Å². The van der Waals surface area contributed by atoms with Crippen LogP contribution in [0.3, 0.4) is 0 Å². The third kappa shape index (κ3) is 3.45. The van der Waals surface area contributed by atoms with Gasteiger partial charge in [-0.3, -0.25) is 0 Å². The number of methoxy groups -OCH3 is 1. The predicted octanol–water partition coefficient (Wildman–Crippen LogP) is 1.66. The molecule has 0 bridgehead atoms. The van der Waals surface area contributed by atoms with E-state index in [1.165, 1.54) is 12.0 Å². The highest BCUT2D eigenvalue weighted by Crippen LogP contribution is 2.19. The summed E-state index contributed by atoms with van der Waals surface area (Å²) in [5.41, 5.74) is 7.20. The molecular weight excluding hydrogens is 212 g/mol. The van der Waals surface area contributed by atoms with Crippen LogP contribution >= 0.6 is 0 Å². The van der Waals surface area contributed by atoms with Crippen molar-refractivity contribution in [3.05, 3.63) is 29.8 Å². The number of aryl methyl sites for hydroxylation is 1. The first-order chi connectivity index (χ1) is 8.29. The molecular formula is C14H22N2O. The number of likely N-dealkylation sites (tertiary alicyclic amines) is 1. The number of nitrogens with zero attached hydrogens (tertiary/aromatic N) is 1. The zero-order valence-electron chi connectivity index (χ0n) is 10.6. The molecule has 0 spiro atoms. The summed E-state index contributed by atoms with van der Waals surface area (Å²) in [6.45, 7) is 3.37. The molecule has 1 fully saturated rings. The van der Waals surface area contributed by atoms with Crippen molar-refractivity contribution < 1.29 is 4.74 Å². The van der Waals surface area contributed by atoms with E-state index in [1.807, 2.05) is 12.1 Å². The number of para-hydroxylation sites is 1. The summed E-state index contributed by atoms with van der Waals surface area (Å²) < 4.78 is 5.35. The van der Waals surface area contributed by atoms with Crippen molar-refractivity contribution in [3.8, 4) is 5.75 Å². The van der Waals surface area contributed by atoms with Crippen LogP contribution in [0.25, 0.3) is 0 Å². The highest BCUT2D eigenvalue weighted by atomic mass is 16.5. The fourth-order valence-electron chi connectivity index (χ4n) is 2.47. The van der Waals surface area contributed by atoms with Crippen molar-refractivity contribution in [2.24, 2.45) is 5.73 Å². The quantitative estimate of drug-likeness (QED) is 0.842. The average Bonchev–Trinajstić information content (AvgIpc) is 2.76. The van der Waals surface area contributed by atoms with Crippen LogP contribution in [0.2, 0.25) is 0 Å². The van der Waals surface area contributed by atoms with Crippen LogP contribution in [0.1, 0.15) is 18.4 Å². The molecule has 1 aliphatic heterocycles. The second-order valence-electron chi connectivity index (χ2n) is 4.76. The minimum absolute atomic E-state index is 0.390. The number of benzene rings is 1. The molecule has 1 aliphatic rings. The molecule has 3 nitrogen and oxygen atoms in total. The second kappa shape index (κ2) is 6.03. The van der Waals surface area contributed by atoms with Gasteiger partial charge in [0.15, 0.2) is 0 Å². The van der Waals surface area contributed by atoms with Gasteiger partial charge in [0.1, 0.15) is 5.75 Å². The largest absolute Gasteiger partial charge is 0.496 e. The van der Waals surface area contributed by atoms with Crippen molar-refractivity contribution in [2.45, 2.75) is 25.3 Å². The van der Waals surface area contributed by atoms with E-state index >= 15 is 0 Å². The molecule has 1 saturated heterocycles. The molecule has 1 unspecified atom stereocenters. The Morgan fingerprint density at radius 2 is 2.24 bits per heavy atom. The molecule has 0 radical (unpaired) electrons. The fraction of sp³-hybridized carbons (Fsp3) is 0.571. The summed E-state index contributed by atoms with van der Waals surface area (Å²) in [5, 5.41) is 0. The van der Waals surface area contributed by atoms with Gasteiger partial charge in [-0.2, -0.15) is 0 Å². The molecule has 1 aromatic rings. The molecule has 2 N–H and O–H groups in total. The number of nitrogens with two attached hydrogens (primary N) is 1. The van der Waals surface area contributed by atoms with Crippen LogP contribution in [0.5, 0.6) is 5.75 Å². The second-order valence-corrected chi connectivity index (χ2v) is 4.76. The van der Waals surface area contributed by atoms with Crippen molar-refractivity contribution in [1.29, 1.82) is 0 Å². The lowest BCUT2D eigenvalue weighted by Gasteiger charge is -2.15. The van der Waals surface area contributed by atoms with Crippen LogP contribution in [-0.2, 0) is 6.42 Å². The zero-order valence-corrected chi connectivity index (χ0v) is 10.6. The summed E-state index contributed by atoms with van der Waals surface area (Å²) in [6, 6.07) is 8.66. The Hall–Kier alpha value is -1.06. The molecule has 1 heterocycles. The van der Waals surface area contributed by atoms with E-state index in [2.05, 4.69) is 17.0 Å². The molecule has 17 heavy (non-hydrogen) atoms. The van der Waals surface area contributed by atoms with E-state index in [-0.39, 0.29) is 0 Å². The zero-order chi connectivity index (χ0) is 12.1. The number of ether oxygens (including phenoxy) is 1. The standard InChI is InChI=1S/C14H22N2O/c1-17-14-7-3-2-5-12(14)6-4-9-16-10-8-13(15)11-16/h2-3,5,7,13H,4,6,8-11,15H2,1H3. The lowest BCUT2D eigenvalue weighted by molar-refractivity contribution is 0.328. The maximum Gasteiger partial charge on any atom is 0.122 e. The SMILES string of the molecule is COc1ccccc1CCCN1CCC(N)C1. The topological polar surface area (TPSA) is 38.5 Å². The van der Waals surface area contributed by atoms with E-state index in [1.54, 1.807) is 7.11 Å². The van der Waals surface area contributed by atoms with E-state index in [9.17, 15) is 0 Å². The van der Waals surface area contributed by atoms with Crippen molar-refractivity contribution in [1.82, 2.24) is 4.90 Å². The molecule has 1 aromatic carbocycles. The van der Waals surface area contributed by atoms with Gasteiger partial charge in [0.2, 0.25) is 0 Å². The van der Waals surface area contributed by atoms with E-state index in [0.717, 1.165) is 38.2 Å². The third-order valence-electron chi connectivity index (χ3n) is 3.42. The van der Waals surface area contributed by atoms with Gasteiger partial charge in [-0.25, -0.2) is 0 Å². The summed E-state index contributed by atoms with van der Waals surface area (Å²) in [4.78, 5) is 2.46. The number of rotatable bonds is 5. The Bertz CT molecular complexity index is 354. The Morgan fingerprint density at radius 1 is 1.41 bits per heavy atom. The first-order valence-corrected chi connectivity index (χ1v) is 6.39. The minimum Gasteiger partial charge on any atom is -0.496 e. The first kappa shape index (κ1) is 12.4. The molecule has 1 atom stereocenters. The minimum atomic E-state index is 0.390. The molecule has 0 aliphatic carbocycles. The third-order valence-corrected chi connectivity index (χ3v) is 3.42.